The molecule has 27 heavy (non-hydrogen) atoms. The summed E-state index contributed by atoms with van der Waals surface area (Å²) in [6, 6.07) is 6.12. The molecule has 1 aromatic heterocycles. The number of benzene rings is 1. The lowest BCUT2D eigenvalue weighted by atomic mass is 10.1. The fourth-order valence-electron chi connectivity index (χ4n) is 2.72. The van der Waals surface area contributed by atoms with E-state index in [-0.39, 0.29) is 17.4 Å². The SMILES string of the molecule is CC(NC(=O)c1ncc(-c2ccc3c(c2)OCCO3)cc1O)C(=O)N(C)C. The minimum atomic E-state index is -0.730. The molecule has 3 rings (SSSR count). The van der Waals surface area contributed by atoms with Crippen LogP contribution in [0.25, 0.3) is 11.1 Å². The summed E-state index contributed by atoms with van der Waals surface area (Å²) >= 11 is 0. The highest BCUT2D eigenvalue weighted by Crippen LogP contribution is 2.35. The molecule has 0 radical (unpaired) electrons. The fraction of sp³-hybridized carbons (Fsp3) is 0.316. The molecule has 2 N–H and O–H groups in total. The first kappa shape index (κ1) is 18.5. The van der Waals surface area contributed by atoms with Gasteiger partial charge in [0.15, 0.2) is 17.2 Å². The largest absolute Gasteiger partial charge is 0.505 e. The molecule has 1 aromatic carbocycles. The molecule has 0 saturated carbocycles. The predicted octanol–water partition coefficient (Wildman–Crippen LogP) is 1.43. The standard InChI is InChI=1S/C19H21N3O5/c1-11(19(25)22(2)3)21-18(24)17-14(23)8-13(10-20-17)12-4-5-15-16(9-12)27-7-6-26-15/h4-5,8-11,23H,6-7H2,1-3H3,(H,21,24). The minimum absolute atomic E-state index is 0.144. The molecule has 1 unspecified atom stereocenters. The van der Waals surface area contributed by atoms with Gasteiger partial charge in [-0.25, -0.2) is 4.98 Å². The van der Waals surface area contributed by atoms with Gasteiger partial charge in [-0.1, -0.05) is 6.07 Å². The van der Waals surface area contributed by atoms with E-state index in [0.717, 1.165) is 5.56 Å². The molecule has 8 nitrogen and oxygen atoms in total. The third-order valence-corrected chi connectivity index (χ3v) is 4.12. The van der Waals surface area contributed by atoms with Gasteiger partial charge in [-0.05, 0) is 30.7 Å². The van der Waals surface area contributed by atoms with Crippen LogP contribution >= 0.6 is 0 Å². The Morgan fingerprint density at radius 2 is 1.85 bits per heavy atom. The summed E-state index contributed by atoms with van der Waals surface area (Å²) in [5.74, 6) is 0.137. The summed E-state index contributed by atoms with van der Waals surface area (Å²) < 4.78 is 11.0. The Kier molecular flexibility index (Phi) is 5.16. The van der Waals surface area contributed by atoms with Crippen LogP contribution in [0.2, 0.25) is 0 Å². The number of pyridine rings is 1. The second-order valence-corrected chi connectivity index (χ2v) is 6.38. The van der Waals surface area contributed by atoms with Crippen molar-refractivity contribution in [2.45, 2.75) is 13.0 Å². The first-order chi connectivity index (χ1) is 12.9. The van der Waals surface area contributed by atoms with Crippen molar-refractivity contribution in [1.82, 2.24) is 15.2 Å². The Balaban J connectivity index is 1.79. The van der Waals surface area contributed by atoms with E-state index in [1.807, 2.05) is 6.07 Å². The summed E-state index contributed by atoms with van der Waals surface area (Å²) in [5, 5.41) is 12.8. The Labute approximate surface area is 156 Å². The van der Waals surface area contributed by atoms with Gasteiger partial charge in [0.2, 0.25) is 5.91 Å². The topological polar surface area (TPSA) is 101 Å². The molecule has 0 bridgehead atoms. The lowest BCUT2D eigenvalue weighted by molar-refractivity contribution is -0.130. The van der Waals surface area contributed by atoms with Crippen LogP contribution in [0.5, 0.6) is 17.2 Å². The van der Waals surface area contributed by atoms with Gasteiger partial charge in [0.1, 0.15) is 25.0 Å². The molecule has 0 fully saturated rings. The number of fused-ring (bicyclic) bond motifs is 1. The van der Waals surface area contributed by atoms with Gasteiger partial charge in [0.05, 0.1) is 0 Å². The molecule has 1 aliphatic rings. The van der Waals surface area contributed by atoms with Crippen LogP contribution < -0.4 is 14.8 Å². The lowest BCUT2D eigenvalue weighted by Gasteiger charge is -2.19. The molecule has 2 aromatic rings. The van der Waals surface area contributed by atoms with Crippen LogP contribution in [-0.4, -0.2) is 60.2 Å². The zero-order chi connectivity index (χ0) is 19.6. The van der Waals surface area contributed by atoms with E-state index in [2.05, 4.69) is 10.3 Å². The Morgan fingerprint density at radius 1 is 1.15 bits per heavy atom. The quantitative estimate of drug-likeness (QED) is 0.843. The highest BCUT2D eigenvalue weighted by molar-refractivity contribution is 5.98. The number of hydrogen-bond donors (Lipinski definition) is 2. The molecule has 0 saturated heterocycles. The summed E-state index contributed by atoms with van der Waals surface area (Å²) in [7, 11) is 3.20. The zero-order valence-corrected chi connectivity index (χ0v) is 15.4. The number of rotatable bonds is 4. The molecule has 142 valence electrons. The van der Waals surface area contributed by atoms with Crippen molar-refractivity contribution in [3.05, 3.63) is 36.2 Å². The number of carbonyl (C=O) groups is 2. The molecule has 1 atom stereocenters. The molecule has 0 aliphatic carbocycles. The van der Waals surface area contributed by atoms with Crippen LogP contribution in [0.1, 0.15) is 17.4 Å². The maximum atomic E-state index is 12.3. The van der Waals surface area contributed by atoms with Crippen LogP contribution in [0.3, 0.4) is 0 Å². The van der Waals surface area contributed by atoms with Crippen LogP contribution in [0.4, 0.5) is 0 Å². The number of aromatic hydroxyl groups is 1. The van der Waals surface area contributed by atoms with E-state index in [1.54, 1.807) is 33.2 Å². The van der Waals surface area contributed by atoms with E-state index in [1.165, 1.54) is 17.2 Å². The van der Waals surface area contributed by atoms with Gasteiger partial charge in [0, 0.05) is 25.9 Å². The molecule has 2 heterocycles. The van der Waals surface area contributed by atoms with Crippen molar-refractivity contribution in [2.75, 3.05) is 27.3 Å². The summed E-state index contributed by atoms with van der Waals surface area (Å²) in [4.78, 5) is 29.6. The molecule has 2 amide bonds. The summed E-state index contributed by atoms with van der Waals surface area (Å²) in [5.41, 5.74) is 1.25. The van der Waals surface area contributed by atoms with Crippen LogP contribution in [-0.2, 0) is 4.79 Å². The monoisotopic (exact) mass is 371 g/mol. The first-order valence-electron chi connectivity index (χ1n) is 8.48. The maximum absolute atomic E-state index is 12.3. The van der Waals surface area contributed by atoms with Gasteiger partial charge in [-0.3, -0.25) is 9.59 Å². The van der Waals surface area contributed by atoms with Gasteiger partial charge < -0.3 is 24.8 Å². The van der Waals surface area contributed by atoms with Gasteiger partial charge in [-0.2, -0.15) is 0 Å². The average Bonchev–Trinajstić information content (AvgIpc) is 2.66. The van der Waals surface area contributed by atoms with Crippen molar-refractivity contribution in [2.24, 2.45) is 0 Å². The number of aromatic nitrogens is 1. The number of amides is 2. The second-order valence-electron chi connectivity index (χ2n) is 6.38. The van der Waals surface area contributed by atoms with Crippen LogP contribution in [0.15, 0.2) is 30.5 Å². The fourth-order valence-corrected chi connectivity index (χ4v) is 2.72. The number of likely N-dealkylation sites (N-methyl/N-ethyl adjacent to an activating group) is 1. The molecule has 0 spiro atoms. The Morgan fingerprint density at radius 3 is 2.52 bits per heavy atom. The molecule has 1 aliphatic heterocycles. The lowest BCUT2D eigenvalue weighted by Crippen LogP contribution is -2.44. The van der Waals surface area contributed by atoms with Gasteiger partial charge in [0.25, 0.3) is 5.91 Å². The van der Waals surface area contributed by atoms with Gasteiger partial charge in [-0.15, -0.1) is 0 Å². The second kappa shape index (κ2) is 7.53. The summed E-state index contributed by atoms with van der Waals surface area (Å²) in [6.45, 7) is 2.55. The number of hydrogen-bond acceptors (Lipinski definition) is 6. The number of nitrogens with zero attached hydrogens (tertiary/aromatic N) is 2. The van der Waals surface area contributed by atoms with Crippen molar-refractivity contribution < 1.29 is 24.2 Å². The highest BCUT2D eigenvalue weighted by atomic mass is 16.6. The molecular formula is C19H21N3O5. The third kappa shape index (κ3) is 3.94. The van der Waals surface area contributed by atoms with E-state index >= 15 is 0 Å². The third-order valence-electron chi connectivity index (χ3n) is 4.12. The van der Waals surface area contributed by atoms with Crippen molar-refractivity contribution >= 4 is 11.8 Å². The first-order valence-corrected chi connectivity index (χ1v) is 8.48. The van der Waals surface area contributed by atoms with E-state index < -0.39 is 11.9 Å². The predicted molar refractivity (Wildman–Crippen MR) is 98.0 cm³/mol. The van der Waals surface area contributed by atoms with Crippen molar-refractivity contribution in [1.29, 1.82) is 0 Å². The van der Waals surface area contributed by atoms with E-state index in [4.69, 9.17) is 9.47 Å². The number of ether oxygens (including phenoxy) is 2. The van der Waals surface area contributed by atoms with Crippen molar-refractivity contribution in [3.8, 4) is 28.4 Å². The summed E-state index contributed by atoms with van der Waals surface area (Å²) in [6.07, 6.45) is 1.48. The molecular weight excluding hydrogens is 350 g/mol. The minimum Gasteiger partial charge on any atom is -0.505 e. The van der Waals surface area contributed by atoms with Gasteiger partial charge >= 0.3 is 0 Å². The Hall–Kier alpha value is -3.29. The maximum Gasteiger partial charge on any atom is 0.274 e. The van der Waals surface area contributed by atoms with E-state index in [9.17, 15) is 14.7 Å². The zero-order valence-electron chi connectivity index (χ0n) is 15.4. The van der Waals surface area contributed by atoms with Crippen LogP contribution in [0, 0.1) is 0 Å². The van der Waals surface area contributed by atoms with Crippen molar-refractivity contribution in [3.63, 3.8) is 0 Å². The molecule has 8 heteroatoms. The van der Waals surface area contributed by atoms with E-state index in [0.29, 0.717) is 30.3 Å². The number of nitrogens with one attached hydrogen (secondary N) is 1. The number of carbonyl (C=O) groups excluding carboxylic acids is 2. The smallest absolute Gasteiger partial charge is 0.274 e. The Bertz CT molecular complexity index is 882. The highest BCUT2D eigenvalue weighted by Gasteiger charge is 2.21. The normalized spacial score (nSPS) is 13.6. The average molecular weight is 371 g/mol.